The van der Waals surface area contributed by atoms with Gasteiger partial charge in [-0.25, -0.2) is 10.2 Å². The van der Waals surface area contributed by atoms with E-state index < -0.39 is 17.6 Å². The number of hydrogen-bond acceptors (Lipinski definition) is 5. The maximum Gasteiger partial charge on any atom is 0.407 e. The summed E-state index contributed by atoms with van der Waals surface area (Å²) in [5.41, 5.74) is 4.04. The number of hydrogen-bond donors (Lipinski definition) is 2. The predicted octanol–water partition coefficient (Wildman–Crippen LogP) is 3.79. The van der Waals surface area contributed by atoms with Crippen LogP contribution in [0.4, 0.5) is 4.79 Å². The molecule has 1 heterocycles. The maximum absolute atomic E-state index is 12.9. The van der Waals surface area contributed by atoms with E-state index >= 15 is 0 Å². The zero-order chi connectivity index (χ0) is 23.9. The topological polar surface area (TPSA) is 102 Å². The summed E-state index contributed by atoms with van der Waals surface area (Å²) < 4.78 is 5.23. The van der Waals surface area contributed by atoms with Gasteiger partial charge in [0.05, 0.1) is 24.0 Å². The van der Waals surface area contributed by atoms with Crippen LogP contribution in [-0.4, -0.2) is 21.9 Å². The number of carbonyl (C=O) groups excluding carboxylic acids is 2. The number of fused-ring (bicyclic) bond motifs is 1. The molecule has 0 aliphatic heterocycles. The lowest BCUT2D eigenvalue weighted by molar-refractivity contribution is -0.116. The Bertz CT molecular complexity index is 1370. The minimum absolute atomic E-state index is 0.00146. The van der Waals surface area contributed by atoms with Crippen molar-refractivity contribution in [2.75, 3.05) is 5.43 Å². The highest BCUT2D eigenvalue weighted by molar-refractivity contribution is 6.30. The first-order valence-electron chi connectivity index (χ1n) is 10.5. The average Bonchev–Trinajstić information content (AvgIpc) is 2.86. The molecule has 1 aromatic heterocycles. The Morgan fingerprint density at radius 1 is 0.882 bits per heavy atom. The molecule has 4 rings (SSSR count). The van der Waals surface area contributed by atoms with Gasteiger partial charge in [-0.1, -0.05) is 72.3 Å². The Kier molecular flexibility index (Phi) is 7.19. The second-order valence-electron chi connectivity index (χ2n) is 7.46. The smallest absolute Gasteiger partial charge is 0.407 e. The van der Waals surface area contributed by atoms with Gasteiger partial charge in [0.25, 0.3) is 5.56 Å². The third kappa shape index (κ3) is 5.79. The molecule has 2 N–H and O–H groups in total. The Hall–Kier alpha value is -4.17. The number of ether oxygens (including phenoxy) is 1. The SMILES string of the molecule is O=C(Cc1ccc(Cl)cc1)Nn1nc(CNC(=O)OCc2ccccc2)c2ccccc2c1=O. The van der Waals surface area contributed by atoms with E-state index in [0.29, 0.717) is 21.5 Å². The molecule has 9 heteroatoms. The second kappa shape index (κ2) is 10.6. The van der Waals surface area contributed by atoms with Crippen LogP contribution in [0.15, 0.2) is 83.7 Å². The molecule has 0 saturated carbocycles. The molecule has 0 aliphatic rings. The summed E-state index contributed by atoms with van der Waals surface area (Å²) in [4.78, 5) is 38.5. The molecule has 0 spiro atoms. The minimum atomic E-state index is -0.626. The molecule has 3 aromatic carbocycles. The van der Waals surface area contributed by atoms with Crippen molar-refractivity contribution in [1.82, 2.24) is 15.2 Å². The summed E-state index contributed by atoms with van der Waals surface area (Å²) in [5.74, 6) is -0.423. The lowest BCUT2D eigenvalue weighted by atomic mass is 10.1. The fourth-order valence-electron chi connectivity index (χ4n) is 3.34. The van der Waals surface area contributed by atoms with Gasteiger partial charge in [0.2, 0.25) is 5.91 Å². The van der Waals surface area contributed by atoms with Crippen molar-refractivity contribution in [2.24, 2.45) is 0 Å². The van der Waals surface area contributed by atoms with Crippen molar-refractivity contribution >= 4 is 34.4 Å². The van der Waals surface area contributed by atoms with E-state index in [4.69, 9.17) is 16.3 Å². The van der Waals surface area contributed by atoms with Crippen LogP contribution < -0.4 is 16.3 Å². The van der Waals surface area contributed by atoms with E-state index in [2.05, 4.69) is 15.8 Å². The minimum Gasteiger partial charge on any atom is -0.445 e. The molecular weight excluding hydrogens is 456 g/mol. The summed E-state index contributed by atoms with van der Waals surface area (Å²) >= 11 is 5.88. The molecule has 0 saturated heterocycles. The highest BCUT2D eigenvalue weighted by atomic mass is 35.5. The largest absolute Gasteiger partial charge is 0.445 e. The van der Waals surface area contributed by atoms with Gasteiger partial charge in [0.15, 0.2) is 0 Å². The Balaban J connectivity index is 1.48. The molecule has 0 aliphatic carbocycles. The molecule has 4 aromatic rings. The van der Waals surface area contributed by atoms with Crippen LogP contribution in [0.2, 0.25) is 5.02 Å². The Labute approximate surface area is 200 Å². The first-order valence-corrected chi connectivity index (χ1v) is 10.9. The summed E-state index contributed by atoms with van der Waals surface area (Å²) in [6.45, 7) is 0.128. The van der Waals surface area contributed by atoms with E-state index in [-0.39, 0.29) is 19.6 Å². The van der Waals surface area contributed by atoms with Crippen LogP contribution in [-0.2, 0) is 29.1 Å². The number of amides is 2. The predicted molar refractivity (Wildman–Crippen MR) is 129 cm³/mol. The number of halogens is 1. The van der Waals surface area contributed by atoms with Crippen LogP contribution >= 0.6 is 11.6 Å². The average molecular weight is 477 g/mol. The quantitative estimate of drug-likeness (QED) is 0.422. The van der Waals surface area contributed by atoms with Crippen molar-refractivity contribution in [3.05, 3.63) is 111 Å². The van der Waals surface area contributed by atoms with Gasteiger partial charge in [-0.2, -0.15) is 5.10 Å². The number of benzene rings is 3. The Morgan fingerprint density at radius 3 is 2.29 bits per heavy atom. The van der Waals surface area contributed by atoms with E-state index in [1.807, 2.05) is 30.3 Å². The van der Waals surface area contributed by atoms with Crippen molar-refractivity contribution in [3.8, 4) is 0 Å². The van der Waals surface area contributed by atoms with Crippen LogP contribution in [0, 0.1) is 0 Å². The third-order valence-electron chi connectivity index (χ3n) is 5.00. The number of carbonyl (C=O) groups is 2. The van der Waals surface area contributed by atoms with Gasteiger partial charge >= 0.3 is 6.09 Å². The van der Waals surface area contributed by atoms with E-state index in [1.54, 1.807) is 48.5 Å². The molecule has 0 fully saturated rings. The molecule has 0 bridgehead atoms. The number of nitrogens with one attached hydrogen (secondary N) is 2. The molecular formula is C25H21ClN4O4. The number of aromatic nitrogens is 2. The van der Waals surface area contributed by atoms with Gasteiger partial charge in [0, 0.05) is 10.4 Å². The van der Waals surface area contributed by atoms with Crippen molar-refractivity contribution in [1.29, 1.82) is 0 Å². The number of nitrogens with zero attached hydrogens (tertiary/aromatic N) is 2. The van der Waals surface area contributed by atoms with Crippen LogP contribution in [0.5, 0.6) is 0 Å². The molecule has 8 nitrogen and oxygen atoms in total. The molecule has 172 valence electrons. The van der Waals surface area contributed by atoms with E-state index in [0.717, 1.165) is 15.9 Å². The van der Waals surface area contributed by atoms with Crippen LogP contribution in [0.25, 0.3) is 10.8 Å². The van der Waals surface area contributed by atoms with E-state index in [1.165, 1.54) is 0 Å². The first-order chi connectivity index (χ1) is 16.5. The third-order valence-corrected chi connectivity index (χ3v) is 5.25. The van der Waals surface area contributed by atoms with Crippen molar-refractivity contribution in [3.63, 3.8) is 0 Å². The van der Waals surface area contributed by atoms with Gasteiger partial charge in [-0.05, 0) is 29.3 Å². The van der Waals surface area contributed by atoms with Gasteiger partial charge in [0.1, 0.15) is 6.61 Å². The maximum atomic E-state index is 12.9. The second-order valence-corrected chi connectivity index (χ2v) is 7.90. The Morgan fingerprint density at radius 2 is 1.56 bits per heavy atom. The molecule has 2 amide bonds. The highest BCUT2D eigenvalue weighted by Crippen LogP contribution is 2.13. The van der Waals surface area contributed by atoms with Gasteiger partial charge in [-0.15, -0.1) is 4.79 Å². The normalized spacial score (nSPS) is 10.6. The lowest BCUT2D eigenvalue weighted by Gasteiger charge is -2.13. The van der Waals surface area contributed by atoms with Crippen molar-refractivity contribution < 1.29 is 14.3 Å². The van der Waals surface area contributed by atoms with Crippen molar-refractivity contribution in [2.45, 2.75) is 19.6 Å². The fourth-order valence-corrected chi connectivity index (χ4v) is 3.46. The summed E-state index contributed by atoms with van der Waals surface area (Å²) in [5, 5.41) is 8.40. The van der Waals surface area contributed by atoms with Crippen LogP contribution in [0.1, 0.15) is 16.8 Å². The monoisotopic (exact) mass is 476 g/mol. The zero-order valence-electron chi connectivity index (χ0n) is 18.0. The molecule has 0 atom stereocenters. The first kappa shape index (κ1) is 23.0. The standard InChI is InChI=1S/C25H21ClN4O4/c26-19-12-10-17(11-13-19)14-23(31)29-30-24(32)21-9-5-4-8-20(21)22(28-30)15-27-25(33)34-16-18-6-2-1-3-7-18/h1-13H,14-16H2,(H,27,33)(H,29,31). The van der Waals surface area contributed by atoms with Gasteiger partial charge < -0.3 is 10.1 Å². The number of rotatable bonds is 7. The van der Waals surface area contributed by atoms with E-state index in [9.17, 15) is 14.4 Å². The number of alkyl carbamates (subject to hydrolysis) is 1. The fraction of sp³-hybridized carbons (Fsp3) is 0.120. The molecule has 0 unspecified atom stereocenters. The lowest BCUT2D eigenvalue weighted by Crippen LogP contribution is -2.37. The van der Waals surface area contributed by atoms with Crippen LogP contribution in [0.3, 0.4) is 0 Å². The summed E-state index contributed by atoms with van der Waals surface area (Å²) in [6.07, 6.45) is -0.586. The highest BCUT2D eigenvalue weighted by Gasteiger charge is 2.14. The van der Waals surface area contributed by atoms with Gasteiger partial charge in [-0.3, -0.25) is 9.59 Å². The molecule has 0 radical (unpaired) electrons. The molecule has 34 heavy (non-hydrogen) atoms. The zero-order valence-corrected chi connectivity index (χ0v) is 18.8. The summed E-state index contributed by atoms with van der Waals surface area (Å²) in [7, 11) is 0. The summed E-state index contributed by atoms with van der Waals surface area (Å²) in [6, 6.07) is 23.0.